The van der Waals surface area contributed by atoms with Crippen LogP contribution in [0.5, 0.6) is 17.2 Å². The molecule has 0 aromatic heterocycles. The summed E-state index contributed by atoms with van der Waals surface area (Å²) in [6, 6.07) is 20.2. The summed E-state index contributed by atoms with van der Waals surface area (Å²) in [4.78, 5) is 12.3. The number of hydrogen-bond donors (Lipinski definition) is 1. The minimum atomic E-state index is -3.74. The predicted octanol–water partition coefficient (Wildman–Crippen LogP) is 3.61. The van der Waals surface area contributed by atoms with E-state index in [4.69, 9.17) is 14.2 Å². The Morgan fingerprint density at radius 1 is 0.912 bits per heavy atom. The molecule has 0 aliphatic heterocycles. The number of para-hydroxylation sites is 1. The fourth-order valence-corrected chi connectivity index (χ4v) is 4.36. The molecule has 0 spiro atoms. The number of nitrogens with zero attached hydrogens (tertiary/aromatic N) is 1. The highest BCUT2D eigenvalue weighted by molar-refractivity contribution is 7.92. The van der Waals surface area contributed by atoms with E-state index < -0.39 is 10.0 Å². The van der Waals surface area contributed by atoms with Crippen LogP contribution in [0.1, 0.15) is 12.5 Å². The molecule has 1 N–H and O–H groups in total. The Kier molecular flexibility index (Phi) is 8.37. The SMILES string of the molecule is CCOc1ccc(S(=O)(=O)N(C)c2ccc(OCC(=O)NCc3ccccc3OC)cc2)cc1. The van der Waals surface area contributed by atoms with E-state index in [1.165, 1.54) is 23.5 Å². The molecule has 8 nitrogen and oxygen atoms in total. The van der Waals surface area contributed by atoms with Crippen molar-refractivity contribution in [3.63, 3.8) is 0 Å². The van der Waals surface area contributed by atoms with Crippen molar-refractivity contribution in [1.82, 2.24) is 5.32 Å². The molecule has 1 amide bonds. The van der Waals surface area contributed by atoms with Gasteiger partial charge in [-0.1, -0.05) is 18.2 Å². The van der Waals surface area contributed by atoms with Crippen molar-refractivity contribution in [3.8, 4) is 17.2 Å². The molecule has 0 saturated heterocycles. The molecule has 0 heterocycles. The number of sulfonamides is 1. The molecule has 3 rings (SSSR count). The van der Waals surface area contributed by atoms with Gasteiger partial charge in [-0.15, -0.1) is 0 Å². The first-order valence-corrected chi connectivity index (χ1v) is 12.1. The van der Waals surface area contributed by atoms with Crippen LogP contribution in [0.4, 0.5) is 5.69 Å². The van der Waals surface area contributed by atoms with Gasteiger partial charge >= 0.3 is 0 Å². The molecule has 0 aliphatic rings. The molecular weight excluding hydrogens is 456 g/mol. The molecule has 3 aromatic carbocycles. The van der Waals surface area contributed by atoms with E-state index in [1.54, 1.807) is 43.5 Å². The van der Waals surface area contributed by atoms with Crippen LogP contribution < -0.4 is 23.8 Å². The van der Waals surface area contributed by atoms with Gasteiger partial charge < -0.3 is 19.5 Å². The van der Waals surface area contributed by atoms with Crippen molar-refractivity contribution in [2.24, 2.45) is 0 Å². The average molecular weight is 485 g/mol. The monoisotopic (exact) mass is 484 g/mol. The van der Waals surface area contributed by atoms with Crippen molar-refractivity contribution >= 4 is 21.6 Å². The van der Waals surface area contributed by atoms with Crippen molar-refractivity contribution in [2.45, 2.75) is 18.4 Å². The van der Waals surface area contributed by atoms with Crippen molar-refractivity contribution in [1.29, 1.82) is 0 Å². The minimum absolute atomic E-state index is 0.158. The van der Waals surface area contributed by atoms with E-state index in [-0.39, 0.29) is 17.4 Å². The summed E-state index contributed by atoms with van der Waals surface area (Å²) in [5.41, 5.74) is 1.32. The van der Waals surface area contributed by atoms with Crippen molar-refractivity contribution in [2.75, 3.05) is 31.7 Å². The Hall–Kier alpha value is -3.72. The molecule has 0 atom stereocenters. The number of hydrogen-bond acceptors (Lipinski definition) is 6. The number of methoxy groups -OCH3 is 1. The first kappa shape index (κ1) is 24.9. The molecule has 180 valence electrons. The third kappa shape index (κ3) is 6.20. The Labute approximate surface area is 200 Å². The van der Waals surface area contributed by atoms with Crippen LogP contribution in [-0.4, -0.2) is 41.7 Å². The molecular formula is C25H28N2O6S. The summed E-state index contributed by atoms with van der Waals surface area (Å²) < 4.78 is 43.2. The Morgan fingerprint density at radius 3 is 2.18 bits per heavy atom. The van der Waals surface area contributed by atoms with Gasteiger partial charge in [0, 0.05) is 19.2 Å². The molecule has 0 fully saturated rings. The lowest BCUT2D eigenvalue weighted by atomic mass is 10.2. The third-order valence-electron chi connectivity index (χ3n) is 5.03. The number of rotatable bonds is 11. The van der Waals surface area contributed by atoms with Gasteiger partial charge in [0.2, 0.25) is 0 Å². The first-order chi connectivity index (χ1) is 16.3. The van der Waals surface area contributed by atoms with Crippen LogP contribution in [-0.2, 0) is 21.4 Å². The third-order valence-corrected chi connectivity index (χ3v) is 6.83. The van der Waals surface area contributed by atoms with Gasteiger partial charge in [-0.2, -0.15) is 0 Å². The Morgan fingerprint density at radius 2 is 1.53 bits per heavy atom. The number of ether oxygens (including phenoxy) is 3. The van der Waals surface area contributed by atoms with E-state index in [0.29, 0.717) is 36.1 Å². The van der Waals surface area contributed by atoms with Gasteiger partial charge in [-0.25, -0.2) is 8.42 Å². The van der Waals surface area contributed by atoms with E-state index >= 15 is 0 Å². The summed E-state index contributed by atoms with van der Waals surface area (Å²) in [6.45, 7) is 2.51. The highest BCUT2D eigenvalue weighted by atomic mass is 32.2. The molecule has 0 radical (unpaired) electrons. The summed E-state index contributed by atoms with van der Waals surface area (Å²) >= 11 is 0. The maximum absolute atomic E-state index is 12.9. The van der Waals surface area contributed by atoms with Crippen LogP contribution in [0.3, 0.4) is 0 Å². The minimum Gasteiger partial charge on any atom is -0.496 e. The Bertz CT molecular complexity index is 1190. The summed E-state index contributed by atoms with van der Waals surface area (Å²) in [5, 5.41) is 2.78. The van der Waals surface area contributed by atoms with Crippen LogP contribution in [0.25, 0.3) is 0 Å². The zero-order chi connectivity index (χ0) is 24.6. The lowest BCUT2D eigenvalue weighted by Crippen LogP contribution is -2.28. The number of carbonyl (C=O) groups is 1. The second kappa shape index (κ2) is 11.4. The number of carbonyl (C=O) groups excluding carboxylic acids is 1. The van der Waals surface area contributed by atoms with Gasteiger partial charge in [0.05, 0.1) is 24.3 Å². The smallest absolute Gasteiger partial charge is 0.264 e. The van der Waals surface area contributed by atoms with E-state index in [2.05, 4.69) is 5.32 Å². The maximum atomic E-state index is 12.9. The van der Waals surface area contributed by atoms with Gasteiger partial charge in [-0.3, -0.25) is 9.10 Å². The average Bonchev–Trinajstić information content (AvgIpc) is 2.86. The molecule has 34 heavy (non-hydrogen) atoms. The van der Waals surface area contributed by atoms with E-state index in [1.807, 2.05) is 31.2 Å². The molecule has 0 aliphatic carbocycles. The van der Waals surface area contributed by atoms with Crippen molar-refractivity contribution < 1.29 is 27.4 Å². The lowest BCUT2D eigenvalue weighted by Gasteiger charge is -2.20. The van der Waals surface area contributed by atoms with E-state index in [0.717, 1.165) is 5.56 Å². The topological polar surface area (TPSA) is 94.2 Å². The van der Waals surface area contributed by atoms with Gasteiger partial charge in [0.15, 0.2) is 6.61 Å². The Balaban J connectivity index is 1.56. The number of amides is 1. The second-order valence-corrected chi connectivity index (χ2v) is 9.22. The molecule has 0 bridgehead atoms. The lowest BCUT2D eigenvalue weighted by molar-refractivity contribution is -0.123. The normalized spacial score (nSPS) is 10.9. The number of anilines is 1. The first-order valence-electron chi connectivity index (χ1n) is 10.7. The van der Waals surface area contributed by atoms with Crippen LogP contribution in [0, 0.1) is 0 Å². The van der Waals surface area contributed by atoms with Crippen LogP contribution in [0.2, 0.25) is 0 Å². The van der Waals surface area contributed by atoms with Crippen molar-refractivity contribution in [3.05, 3.63) is 78.4 Å². The van der Waals surface area contributed by atoms with E-state index in [9.17, 15) is 13.2 Å². The largest absolute Gasteiger partial charge is 0.496 e. The van der Waals surface area contributed by atoms with Crippen LogP contribution in [0.15, 0.2) is 77.7 Å². The predicted molar refractivity (Wildman–Crippen MR) is 130 cm³/mol. The van der Waals surface area contributed by atoms with Gasteiger partial charge in [0.1, 0.15) is 17.2 Å². The molecule has 3 aromatic rings. The molecule has 0 saturated carbocycles. The fourth-order valence-electron chi connectivity index (χ4n) is 3.17. The highest BCUT2D eigenvalue weighted by Gasteiger charge is 2.21. The maximum Gasteiger partial charge on any atom is 0.264 e. The van der Waals surface area contributed by atoms with Crippen LogP contribution >= 0.6 is 0 Å². The standard InChI is InChI=1S/C25H28N2O6S/c1-4-32-21-13-15-23(16-14-21)34(29,30)27(2)20-9-11-22(12-10-20)33-18-25(28)26-17-19-7-5-6-8-24(19)31-3/h5-16H,4,17-18H2,1-3H3,(H,26,28). The number of nitrogens with one attached hydrogen (secondary N) is 1. The zero-order valence-corrected chi connectivity index (χ0v) is 20.2. The summed E-state index contributed by atoms with van der Waals surface area (Å²) in [7, 11) is -0.682. The fraction of sp³-hybridized carbons (Fsp3) is 0.240. The highest BCUT2D eigenvalue weighted by Crippen LogP contribution is 2.25. The van der Waals surface area contributed by atoms with Gasteiger partial charge in [-0.05, 0) is 61.5 Å². The quantitative estimate of drug-likeness (QED) is 0.447. The second-order valence-electron chi connectivity index (χ2n) is 7.25. The van der Waals surface area contributed by atoms with Gasteiger partial charge in [0.25, 0.3) is 15.9 Å². The zero-order valence-electron chi connectivity index (χ0n) is 19.4. The summed E-state index contributed by atoms with van der Waals surface area (Å²) in [5.74, 6) is 1.47. The molecule has 9 heteroatoms. The summed E-state index contributed by atoms with van der Waals surface area (Å²) in [6.07, 6.45) is 0. The number of benzene rings is 3. The molecule has 0 unspecified atom stereocenters.